The SMILES string of the molecule is Nc1ncc2c(n1)CC[C@H]([C@H]1c3ccccc3-c3cncn31)[C@@H]2O. The fourth-order valence-electron chi connectivity index (χ4n) is 4.22. The first kappa shape index (κ1) is 13.7. The molecule has 1 aliphatic heterocycles. The molecule has 0 amide bonds. The third kappa shape index (κ3) is 1.77. The van der Waals surface area contributed by atoms with Gasteiger partial charge in [-0.3, -0.25) is 0 Å². The summed E-state index contributed by atoms with van der Waals surface area (Å²) in [5.74, 6) is 0.323. The zero-order chi connectivity index (χ0) is 16.3. The van der Waals surface area contributed by atoms with Crippen molar-refractivity contribution in [3.63, 3.8) is 0 Å². The maximum Gasteiger partial charge on any atom is 0.220 e. The Labute approximate surface area is 139 Å². The van der Waals surface area contributed by atoms with Gasteiger partial charge in [0.2, 0.25) is 5.95 Å². The summed E-state index contributed by atoms with van der Waals surface area (Å²) in [7, 11) is 0. The number of hydrogen-bond acceptors (Lipinski definition) is 5. The first-order valence-corrected chi connectivity index (χ1v) is 8.14. The molecule has 24 heavy (non-hydrogen) atoms. The topological polar surface area (TPSA) is 89.9 Å². The molecule has 120 valence electrons. The van der Waals surface area contributed by atoms with Crippen molar-refractivity contribution in [2.24, 2.45) is 5.92 Å². The number of imidazole rings is 1. The molecule has 3 heterocycles. The predicted molar refractivity (Wildman–Crippen MR) is 89.0 cm³/mol. The summed E-state index contributed by atoms with van der Waals surface area (Å²) < 4.78 is 2.18. The van der Waals surface area contributed by atoms with Crippen molar-refractivity contribution in [3.05, 3.63) is 59.8 Å². The van der Waals surface area contributed by atoms with Gasteiger partial charge in [-0.05, 0) is 18.4 Å². The smallest absolute Gasteiger partial charge is 0.220 e. The number of nitrogen functional groups attached to an aromatic ring is 1. The van der Waals surface area contributed by atoms with Crippen LogP contribution in [0.4, 0.5) is 5.95 Å². The van der Waals surface area contributed by atoms with E-state index in [1.807, 2.05) is 18.6 Å². The van der Waals surface area contributed by atoms with E-state index in [-0.39, 0.29) is 17.9 Å². The van der Waals surface area contributed by atoms with Crippen LogP contribution in [0.3, 0.4) is 0 Å². The summed E-state index contributed by atoms with van der Waals surface area (Å²) in [5.41, 5.74) is 10.9. The standard InChI is InChI=1S/C18H17N5O/c19-18-21-7-13-14(22-18)6-5-12(17(13)24)16-11-4-2-1-3-10(11)15-8-20-9-23(15)16/h1-4,7-9,12,16-17,24H,5-6H2,(H2,19,21,22)/t12-,16-,17+/m1/s1. The lowest BCUT2D eigenvalue weighted by Gasteiger charge is -2.34. The van der Waals surface area contributed by atoms with Crippen LogP contribution in [0.1, 0.15) is 35.4 Å². The molecule has 3 N–H and O–H groups in total. The van der Waals surface area contributed by atoms with Crippen LogP contribution < -0.4 is 5.73 Å². The third-order valence-electron chi connectivity index (χ3n) is 5.28. The fraction of sp³-hybridized carbons (Fsp3) is 0.278. The zero-order valence-corrected chi connectivity index (χ0v) is 13.0. The van der Waals surface area contributed by atoms with E-state index >= 15 is 0 Å². The second-order valence-corrected chi connectivity index (χ2v) is 6.50. The van der Waals surface area contributed by atoms with Crippen LogP contribution in [0.2, 0.25) is 0 Å². The van der Waals surface area contributed by atoms with Crippen LogP contribution in [0.25, 0.3) is 11.3 Å². The minimum absolute atomic E-state index is 0.0568. The molecule has 1 aliphatic carbocycles. The maximum atomic E-state index is 11.0. The fourth-order valence-corrected chi connectivity index (χ4v) is 4.22. The summed E-state index contributed by atoms with van der Waals surface area (Å²) in [6, 6.07) is 8.45. The van der Waals surface area contributed by atoms with Crippen molar-refractivity contribution in [2.45, 2.75) is 25.0 Å². The molecular formula is C18H17N5O. The van der Waals surface area contributed by atoms with Gasteiger partial charge in [0, 0.05) is 23.2 Å². The molecule has 2 aromatic heterocycles. The van der Waals surface area contributed by atoms with Gasteiger partial charge in [-0.2, -0.15) is 0 Å². The number of rotatable bonds is 1. The Balaban J connectivity index is 1.62. The average Bonchev–Trinajstić information content (AvgIpc) is 3.16. The van der Waals surface area contributed by atoms with E-state index in [0.29, 0.717) is 0 Å². The number of hydrogen-bond donors (Lipinski definition) is 2. The number of benzene rings is 1. The lowest BCUT2D eigenvalue weighted by atomic mass is 9.78. The summed E-state index contributed by atoms with van der Waals surface area (Å²) in [6.45, 7) is 0. The van der Waals surface area contributed by atoms with Crippen LogP contribution >= 0.6 is 0 Å². The van der Waals surface area contributed by atoms with Gasteiger partial charge in [0.1, 0.15) is 0 Å². The first-order chi connectivity index (χ1) is 11.7. The monoisotopic (exact) mass is 319 g/mol. The Morgan fingerprint density at radius 3 is 2.96 bits per heavy atom. The van der Waals surface area contributed by atoms with Gasteiger partial charge in [-0.15, -0.1) is 0 Å². The predicted octanol–water partition coefficient (Wildman–Crippen LogP) is 2.12. The van der Waals surface area contributed by atoms with Crippen LogP contribution in [0.15, 0.2) is 43.0 Å². The van der Waals surface area contributed by atoms with Gasteiger partial charge in [0.15, 0.2) is 0 Å². The number of aliphatic hydroxyl groups excluding tert-OH is 1. The van der Waals surface area contributed by atoms with Crippen molar-refractivity contribution in [1.82, 2.24) is 19.5 Å². The number of aromatic nitrogens is 4. The van der Waals surface area contributed by atoms with E-state index in [1.165, 1.54) is 11.1 Å². The van der Waals surface area contributed by atoms with E-state index in [1.54, 1.807) is 6.20 Å². The number of anilines is 1. The highest BCUT2D eigenvalue weighted by Crippen LogP contribution is 2.49. The molecule has 3 atom stereocenters. The second-order valence-electron chi connectivity index (χ2n) is 6.50. The quantitative estimate of drug-likeness (QED) is 0.717. The van der Waals surface area contributed by atoms with E-state index in [0.717, 1.165) is 29.8 Å². The van der Waals surface area contributed by atoms with Gasteiger partial charge in [0.25, 0.3) is 0 Å². The van der Waals surface area contributed by atoms with Crippen LogP contribution in [0.5, 0.6) is 0 Å². The molecule has 0 saturated heterocycles. The first-order valence-electron chi connectivity index (χ1n) is 8.14. The van der Waals surface area contributed by atoms with Gasteiger partial charge in [-0.25, -0.2) is 15.0 Å². The van der Waals surface area contributed by atoms with E-state index in [2.05, 4.69) is 37.7 Å². The molecule has 6 heteroatoms. The largest absolute Gasteiger partial charge is 0.388 e. The van der Waals surface area contributed by atoms with E-state index < -0.39 is 6.10 Å². The lowest BCUT2D eigenvalue weighted by molar-refractivity contribution is 0.0707. The number of aryl methyl sites for hydroxylation is 1. The molecular weight excluding hydrogens is 302 g/mol. The minimum Gasteiger partial charge on any atom is -0.388 e. The van der Waals surface area contributed by atoms with Gasteiger partial charge >= 0.3 is 0 Å². The molecule has 0 unspecified atom stereocenters. The van der Waals surface area contributed by atoms with Gasteiger partial charge in [-0.1, -0.05) is 24.3 Å². The van der Waals surface area contributed by atoms with E-state index in [9.17, 15) is 5.11 Å². The highest BCUT2D eigenvalue weighted by Gasteiger charge is 2.40. The second kappa shape index (κ2) is 4.88. The highest BCUT2D eigenvalue weighted by molar-refractivity contribution is 5.69. The van der Waals surface area contributed by atoms with Gasteiger partial charge in [0.05, 0.1) is 36.1 Å². The van der Waals surface area contributed by atoms with E-state index in [4.69, 9.17) is 5.73 Å². The molecule has 1 aromatic carbocycles. The summed E-state index contributed by atoms with van der Waals surface area (Å²) >= 11 is 0. The zero-order valence-electron chi connectivity index (χ0n) is 13.0. The van der Waals surface area contributed by atoms with Gasteiger partial charge < -0.3 is 15.4 Å². The number of fused-ring (bicyclic) bond motifs is 4. The summed E-state index contributed by atoms with van der Waals surface area (Å²) in [5, 5.41) is 11.0. The van der Waals surface area contributed by atoms with Crippen molar-refractivity contribution in [2.75, 3.05) is 5.73 Å². The number of nitrogens with two attached hydrogens (primary N) is 1. The molecule has 0 radical (unpaired) electrons. The van der Waals surface area contributed by atoms with Crippen LogP contribution in [0, 0.1) is 5.92 Å². The highest BCUT2D eigenvalue weighted by atomic mass is 16.3. The Morgan fingerprint density at radius 1 is 1.17 bits per heavy atom. The number of nitrogens with zero attached hydrogens (tertiary/aromatic N) is 4. The van der Waals surface area contributed by atoms with Crippen molar-refractivity contribution < 1.29 is 5.11 Å². The summed E-state index contributed by atoms with van der Waals surface area (Å²) in [4.78, 5) is 12.7. The maximum absolute atomic E-state index is 11.0. The molecule has 0 spiro atoms. The summed E-state index contributed by atoms with van der Waals surface area (Å²) in [6.07, 6.45) is 6.46. The Kier molecular flexibility index (Phi) is 2.78. The lowest BCUT2D eigenvalue weighted by Crippen LogP contribution is -2.29. The van der Waals surface area contributed by atoms with Crippen molar-refractivity contribution in [1.29, 1.82) is 0 Å². The third-order valence-corrected chi connectivity index (χ3v) is 5.28. The normalized spacial score (nSPS) is 24.3. The molecule has 5 rings (SSSR count). The molecule has 0 saturated carbocycles. The minimum atomic E-state index is -0.610. The average molecular weight is 319 g/mol. The van der Waals surface area contributed by atoms with Crippen LogP contribution in [-0.4, -0.2) is 24.6 Å². The van der Waals surface area contributed by atoms with Crippen molar-refractivity contribution in [3.8, 4) is 11.3 Å². The molecule has 2 aliphatic rings. The Bertz CT molecular complexity index is 935. The Morgan fingerprint density at radius 2 is 2.04 bits per heavy atom. The Hall–Kier alpha value is -2.73. The molecule has 0 fully saturated rings. The molecule has 6 nitrogen and oxygen atoms in total. The van der Waals surface area contributed by atoms with Crippen molar-refractivity contribution >= 4 is 5.95 Å². The number of aliphatic hydroxyl groups is 1. The molecule has 3 aromatic rings. The molecule has 0 bridgehead atoms. The van der Waals surface area contributed by atoms with Crippen LogP contribution in [-0.2, 0) is 6.42 Å².